The summed E-state index contributed by atoms with van der Waals surface area (Å²) >= 11 is 6.08. The van der Waals surface area contributed by atoms with Crippen LogP contribution in [0, 0.1) is 10.1 Å². The molecular formula is C29H19ClN8O10S2. The van der Waals surface area contributed by atoms with Crippen LogP contribution in [0.1, 0.15) is 11.1 Å². The van der Waals surface area contributed by atoms with E-state index in [2.05, 4.69) is 36.1 Å². The molecule has 0 saturated heterocycles. The van der Waals surface area contributed by atoms with Crippen molar-refractivity contribution in [2.75, 3.05) is 16.1 Å². The van der Waals surface area contributed by atoms with Gasteiger partial charge in [0.15, 0.2) is 0 Å². The minimum absolute atomic E-state index is 0.00471. The summed E-state index contributed by atoms with van der Waals surface area (Å²) in [7, 11) is -10.1. The van der Waals surface area contributed by atoms with E-state index < -0.39 is 69.1 Å². The molecule has 1 aliphatic rings. The monoisotopic (exact) mass is 738 g/mol. The largest absolute Gasteiger partial charge is 0.505 e. The Bertz CT molecular complexity index is 2550. The third-order valence-corrected chi connectivity index (χ3v) is 8.98. The zero-order valence-electron chi connectivity index (χ0n) is 24.6. The zero-order chi connectivity index (χ0) is 36.0. The molecule has 0 unspecified atom stereocenters. The van der Waals surface area contributed by atoms with Crippen molar-refractivity contribution in [2.24, 2.45) is 5.10 Å². The molecule has 0 radical (unpaired) electrons. The van der Waals surface area contributed by atoms with Gasteiger partial charge >= 0.3 is 0 Å². The Morgan fingerprint density at radius 3 is 2.14 bits per heavy atom. The molecule has 5 aromatic rings. The molecule has 6 N–H and O–H groups in total. The molecule has 0 aliphatic heterocycles. The summed E-state index contributed by atoms with van der Waals surface area (Å²) in [6.45, 7) is 0. The number of para-hydroxylation sites is 1. The smallest absolute Gasteiger partial charge is 0.296 e. The number of aromatic hydroxyl groups is 1. The van der Waals surface area contributed by atoms with Gasteiger partial charge in [-0.05, 0) is 59.5 Å². The van der Waals surface area contributed by atoms with E-state index in [0.717, 1.165) is 24.3 Å². The fourth-order valence-corrected chi connectivity index (χ4v) is 6.43. The molecule has 50 heavy (non-hydrogen) atoms. The summed E-state index contributed by atoms with van der Waals surface area (Å²) in [5, 5.41) is 32.2. The number of hydrazone groups is 1. The molecule has 1 aliphatic carbocycles. The fraction of sp³-hybridized carbons (Fsp3) is 0. The molecule has 4 aromatic carbocycles. The van der Waals surface area contributed by atoms with Crippen LogP contribution in [-0.4, -0.2) is 62.4 Å². The average molecular weight is 739 g/mol. The van der Waals surface area contributed by atoms with E-state index in [1.807, 2.05) is 6.07 Å². The van der Waals surface area contributed by atoms with Crippen molar-refractivity contribution in [2.45, 2.75) is 4.90 Å². The van der Waals surface area contributed by atoms with Gasteiger partial charge in [-0.15, -0.1) is 0 Å². The zero-order valence-corrected chi connectivity index (χ0v) is 27.0. The highest BCUT2D eigenvalue weighted by molar-refractivity contribution is 7.95. The highest BCUT2D eigenvalue weighted by atomic mass is 35.5. The Hall–Kier alpha value is -6.06. The molecule has 0 saturated carbocycles. The highest BCUT2D eigenvalue weighted by Gasteiger charge is 2.32. The van der Waals surface area contributed by atoms with E-state index in [1.54, 1.807) is 24.3 Å². The lowest BCUT2D eigenvalue weighted by Crippen LogP contribution is -2.23. The molecule has 1 heterocycles. The standard InChI is InChI=1S/C29H19ClN8O10S2/c30-27-33-28(31-15-4-2-1-3-5-15)35-29(34-27)32-16-6-8-18-14(10-16)11-23(50(46,47)48)25(26(18)40)37-36-24-19-9-7-17(38(41)42)12-20(19)22(13-21(24)39)49(43,44)45/h1-13,37,40H,(H,43,44,45)(H,46,47,48)(H2,31,32,33,34,35). The number of ketones is 1. The molecule has 6 rings (SSSR count). The van der Waals surface area contributed by atoms with Crippen LogP contribution in [0.15, 0.2) is 88.9 Å². The third-order valence-electron chi connectivity index (χ3n) is 7.04. The van der Waals surface area contributed by atoms with Gasteiger partial charge in [-0.1, -0.05) is 18.2 Å². The van der Waals surface area contributed by atoms with E-state index in [4.69, 9.17) is 11.6 Å². The number of aromatic nitrogens is 3. The summed E-state index contributed by atoms with van der Waals surface area (Å²) in [4.78, 5) is 33.9. The second kappa shape index (κ2) is 12.8. The van der Waals surface area contributed by atoms with Crippen molar-refractivity contribution >= 4 is 93.7 Å². The number of hydrogen-bond donors (Lipinski definition) is 6. The van der Waals surface area contributed by atoms with Crippen molar-refractivity contribution in [1.82, 2.24) is 15.0 Å². The van der Waals surface area contributed by atoms with Gasteiger partial charge in [0.1, 0.15) is 26.9 Å². The number of hydrogen-bond acceptors (Lipinski definition) is 15. The summed E-state index contributed by atoms with van der Waals surface area (Å²) < 4.78 is 68.6. The maximum Gasteiger partial charge on any atom is 0.296 e. The molecule has 18 nitrogen and oxygen atoms in total. The summed E-state index contributed by atoms with van der Waals surface area (Å²) in [6.07, 6.45) is 0.473. The van der Waals surface area contributed by atoms with Crippen molar-refractivity contribution in [3.05, 3.63) is 105 Å². The first-order chi connectivity index (χ1) is 23.6. The van der Waals surface area contributed by atoms with Crippen LogP contribution < -0.4 is 16.1 Å². The molecule has 0 atom stereocenters. The number of nitro benzene ring substituents is 1. The summed E-state index contributed by atoms with van der Waals surface area (Å²) in [6, 6.07) is 17.0. The van der Waals surface area contributed by atoms with Gasteiger partial charge in [-0.2, -0.15) is 36.9 Å². The Kier molecular flexibility index (Phi) is 8.63. The number of fused-ring (bicyclic) bond motifs is 2. The quantitative estimate of drug-likeness (QED) is 0.0519. The van der Waals surface area contributed by atoms with Crippen LogP contribution in [0.4, 0.5) is 34.6 Å². The first-order valence-electron chi connectivity index (χ1n) is 13.7. The number of nitro groups is 1. The molecule has 0 spiro atoms. The first kappa shape index (κ1) is 33.8. The number of non-ortho nitro benzene ring substituents is 1. The number of nitrogens with zero attached hydrogens (tertiary/aromatic N) is 5. The fourth-order valence-electron chi connectivity index (χ4n) is 4.89. The normalized spacial score (nSPS) is 13.9. The van der Waals surface area contributed by atoms with E-state index in [1.165, 1.54) is 18.2 Å². The van der Waals surface area contributed by atoms with Crippen LogP contribution in [0.5, 0.6) is 5.75 Å². The van der Waals surface area contributed by atoms with Crippen LogP contribution in [0.25, 0.3) is 15.7 Å². The van der Waals surface area contributed by atoms with Gasteiger partial charge < -0.3 is 15.7 Å². The lowest BCUT2D eigenvalue weighted by Gasteiger charge is -2.18. The topological polar surface area (TPSA) is 276 Å². The second-order valence-corrected chi connectivity index (χ2v) is 13.4. The van der Waals surface area contributed by atoms with E-state index >= 15 is 0 Å². The lowest BCUT2D eigenvalue weighted by atomic mass is 9.94. The maximum atomic E-state index is 12.9. The number of nitrogens with one attached hydrogen (secondary N) is 3. The average Bonchev–Trinajstić information content (AvgIpc) is 3.03. The Morgan fingerprint density at radius 2 is 1.50 bits per heavy atom. The lowest BCUT2D eigenvalue weighted by molar-refractivity contribution is -0.384. The minimum Gasteiger partial charge on any atom is -0.505 e. The number of rotatable bonds is 9. The van der Waals surface area contributed by atoms with Crippen LogP contribution in [-0.2, 0) is 25.0 Å². The maximum absolute atomic E-state index is 12.9. The summed E-state index contributed by atoms with van der Waals surface area (Å²) in [5.74, 6) is -1.71. The Balaban J connectivity index is 1.38. The van der Waals surface area contributed by atoms with E-state index in [0.29, 0.717) is 17.5 Å². The van der Waals surface area contributed by atoms with Gasteiger partial charge in [-0.25, -0.2) is 0 Å². The minimum atomic E-state index is -5.09. The number of carbonyl (C=O) groups is 1. The van der Waals surface area contributed by atoms with Crippen LogP contribution in [0.3, 0.4) is 0 Å². The number of anilines is 5. The van der Waals surface area contributed by atoms with Gasteiger partial charge in [0, 0.05) is 46.1 Å². The third kappa shape index (κ3) is 6.90. The SMILES string of the molecule is O=C1C=C(S(=O)(=O)O)c2cc([N+](=O)[O-])ccc2C1=NNc1c(S(=O)(=O)O)cc2cc(Nc3nc(Cl)nc(Nc4ccccc4)n3)ccc2c1O. The molecule has 21 heteroatoms. The number of allylic oxidation sites excluding steroid dienone is 1. The van der Waals surface area contributed by atoms with Crippen molar-refractivity contribution in [3.8, 4) is 5.75 Å². The van der Waals surface area contributed by atoms with Gasteiger partial charge in [-0.3, -0.25) is 29.4 Å². The Labute approximate surface area is 285 Å². The number of phenolic OH excluding ortho intramolecular Hbond substituents is 1. The van der Waals surface area contributed by atoms with Crippen LogP contribution in [0.2, 0.25) is 5.28 Å². The number of phenols is 1. The predicted octanol–water partition coefficient (Wildman–Crippen LogP) is 4.65. The predicted molar refractivity (Wildman–Crippen MR) is 181 cm³/mol. The molecule has 0 bridgehead atoms. The van der Waals surface area contributed by atoms with Crippen LogP contribution >= 0.6 is 11.6 Å². The van der Waals surface area contributed by atoms with Crippen molar-refractivity contribution < 1.29 is 40.8 Å². The number of carbonyl (C=O) groups excluding carboxylic acids is 1. The number of benzene rings is 4. The first-order valence-corrected chi connectivity index (χ1v) is 17.0. The van der Waals surface area contributed by atoms with Crippen molar-refractivity contribution in [3.63, 3.8) is 0 Å². The molecule has 1 aromatic heterocycles. The molecule has 254 valence electrons. The molecular weight excluding hydrogens is 720 g/mol. The highest BCUT2D eigenvalue weighted by Crippen LogP contribution is 2.40. The molecule has 0 fully saturated rings. The van der Waals surface area contributed by atoms with Gasteiger partial charge in [0.2, 0.25) is 23.0 Å². The van der Waals surface area contributed by atoms with E-state index in [9.17, 15) is 46.0 Å². The molecule has 0 amide bonds. The second-order valence-electron chi connectivity index (χ2n) is 10.3. The van der Waals surface area contributed by atoms with Crippen molar-refractivity contribution in [1.29, 1.82) is 0 Å². The Morgan fingerprint density at radius 1 is 0.820 bits per heavy atom. The van der Waals surface area contributed by atoms with E-state index in [-0.39, 0.29) is 33.5 Å². The van der Waals surface area contributed by atoms with Gasteiger partial charge in [0.05, 0.1) is 4.92 Å². The summed E-state index contributed by atoms with van der Waals surface area (Å²) in [5.41, 5.74) is 0.672. The number of halogens is 1. The van der Waals surface area contributed by atoms with Gasteiger partial charge in [0.25, 0.3) is 25.9 Å².